The van der Waals surface area contributed by atoms with E-state index < -0.39 is 5.54 Å². The van der Waals surface area contributed by atoms with Gasteiger partial charge in [-0.25, -0.2) is 4.39 Å². The zero-order valence-electron chi connectivity index (χ0n) is 22.3. The molecule has 194 valence electrons. The van der Waals surface area contributed by atoms with E-state index in [4.69, 9.17) is 4.74 Å². The normalized spacial score (nSPS) is 11.7. The number of nitrogens with one attached hydrogen (secondary N) is 1. The quantitative estimate of drug-likeness (QED) is 0.436. The molecule has 1 amide bonds. The Morgan fingerprint density at radius 2 is 1.59 bits per heavy atom. The van der Waals surface area contributed by atoms with Gasteiger partial charge in [0.2, 0.25) is 0 Å². The summed E-state index contributed by atoms with van der Waals surface area (Å²) < 4.78 is 22.9. The first-order valence-electron chi connectivity index (χ1n) is 11.8. The second-order valence-corrected chi connectivity index (χ2v) is 10.4. The average molecular weight is 507 g/mol. The molecule has 0 atom stereocenters. The van der Waals surface area contributed by atoms with E-state index in [1.54, 1.807) is 58.4 Å². The third kappa shape index (κ3) is 4.69. The molecule has 0 bridgehead atoms. The van der Waals surface area contributed by atoms with Crippen molar-refractivity contribution in [2.45, 2.75) is 40.2 Å². The van der Waals surface area contributed by atoms with Crippen molar-refractivity contribution in [1.29, 1.82) is 0 Å². The maximum absolute atomic E-state index is 13.9. The zero-order chi connectivity index (χ0) is 27.4. The largest absolute Gasteiger partial charge is 0.455 e. The Morgan fingerprint density at radius 3 is 2.19 bits per heavy atom. The van der Waals surface area contributed by atoms with E-state index in [2.05, 4.69) is 4.98 Å². The fraction of sp³-hybridized carbons (Fsp3) is 0.321. The molecular weight excluding hydrogens is 475 g/mol. The highest BCUT2D eigenvalue weighted by molar-refractivity contribution is 6.03. The number of hydrogen-bond acceptors (Lipinski definition) is 4. The number of H-pyrrole nitrogens is 1. The monoisotopic (exact) mass is 506 g/mol. The summed E-state index contributed by atoms with van der Waals surface area (Å²) in [4.78, 5) is 43.5. The van der Waals surface area contributed by atoms with E-state index >= 15 is 0 Å². The molecule has 37 heavy (non-hydrogen) atoms. The maximum Gasteiger partial charge on any atom is 0.274 e. The van der Waals surface area contributed by atoms with Gasteiger partial charge < -0.3 is 23.8 Å². The number of pyridine rings is 2. The molecule has 8 nitrogen and oxygen atoms in total. The van der Waals surface area contributed by atoms with Gasteiger partial charge in [-0.05, 0) is 63.9 Å². The highest BCUT2D eigenvalue weighted by Crippen LogP contribution is 2.38. The van der Waals surface area contributed by atoms with E-state index in [0.717, 1.165) is 0 Å². The fourth-order valence-corrected chi connectivity index (χ4v) is 4.21. The number of fused-ring (bicyclic) bond motifs is 1. The Bertz CT molecular complexity index is 1650. The van der Waals surface area contributed by atoms with Gasteiger partial charge >= 0.3 is 0 Å². The van der Waals surface area contributed by atoms with Gasteiger partial charge in [0.05, 0.1) is 6.20 Å². The van der Waals surface area contributed by atoms with Gasteiger partial charge in [-0.15, -0.1) is 0 Å². The molecular formula is C28H31FN4O4. The molecule has 1 aromatic carbocycles. The Morgan fingerprint density at radius 1 is 0.973 bits per heavy atom. The SMILES string of the molecule is Cc1cc(F)cc(C)c1Oc1cn(C)c(=O)cc1-c1cn(C)c(=O)c2[nH]c(C(=O)N(C)C(C)(C)C)cc12. The van der Waals surface area contributed by atoms with Crippen molar-refractivity contribution >= 4 is 16.8 Å². The number of halogens is 1. The number of hydrogen-bond donors (Lipinski definition) is 1. The first-order valence-corrected chi connectivity index (χ1v) is 11.8. The van der Waals surface area contributed by atoms with Crippen LogP contribution < -0.4 is 15.9 Å². The number of carbonyl (C=O) groups is 1. The number of aryl methyl sites for hydroxylation is 4. The van der Waals surface area contributed by atoms with Crippen LogP contribution in [0.15, 0.2) is 46.2 Å². The molecule has 0 saturated carbocycles. The Hall–Kier alpha value is -4.14. The molecule has 3 heterocycles. The highest BCUT2D eigenvalue weighted by Gasteiger charge is 2.26. The average Bonchev–Trinajstić information content (AvgIpc) is 3.25. The van der Waals surface area contributed by atoms with Crippen molar-refractivity contribution in [3.8, 4) is 22.6 Å². The minimum atomic E-state index is -0.431. The summed E-state index contributed by atoms with van der Waals surface area (Å²) in [6, 6.07) is 5.82. The lowest BCUT2D eigenvalue weighted by molar-refractivity contribution is 0.0650. The molecule has 1 N–H and O–H groups in total. The van der Waals surface area contributed by atoms with Crippen LogP contribution >= 0.6 is 0 Å². The lowest BCUT2D eigenvalue weighted by atomic mass is 10.0. The Balaban J connectivity index is 1.97. The van der Waals surface area contributed by atoms with Gasteiger partial charge in [0.15, 0.2) is 5.75 Å². The van der Waals surface area contributed by atoms with Gasteiger partial charge in [-0.2, -0.15) is 0 Å². The summed E-state index contributed by atoms with van der Waals surface area (Å²) >= 11 is 0. The summed E-state index contributed by atoms with van der Waals surface area (Å²) in [5.74, 6) is 0.183. The van der Waals surface area contributed by atoms with Crippen molar-refractivity contribution < 1.29 is 13.9 Å². The van der Waals surface area contributed by atoms with Crippen LogP contribution in [-0.4, -0.2) is 37.5 Å². The van der Waals surface area contributed by atoms with E-state index in [9.17, 15) is 18.8 Å². The molecule has 0 saturated heterocycles. The van der Waals surface area contributed by atoms with Gasteiger partial charge in [-0.3, -0.25) is 14.4 Å². The highest BCUT2D eigenvalue weighted by atomic mass is 19.1. The third-order valence-electron chi connectivity index (χ3n) is 6.63. The second kappa shape index (κ2) is 9.06. The number of aromatic amines is 1. The molecule has 0 spiro atoms. The topological polar surface area (TPSA) is 89.3 Å². The van der Waals surface area contributed by atoms with Crippen LogP contribution in [0.25, 0.3) is 22.0 Å². The standard InChI is InChI=1S/C28H31FN4O4/c1-15-9-17(29)10-16(2)25(15)37-22-14-31(6)23(34)12-18(22)20-13-32(7)27(36)24-19(20)11-21(30-24)26(35)33(8)28(3,4)5/h9-14,30H,1-8H3. The van der Waals surface area contributed by atoms with Crippen molar-refractivity contribution in [1.82, 2.24) is 19.0 Å². The van der Waals surface area contributed by atoms with Crippen molar-refractivity contribution in [2.75, 3.05) is 7.05 Å². The first-order chi connectivity index (χ1) is 17.2. The fourth-order valence-electron chi connectivity index (χ4n) is 4.21. The van der Waals surface area contributed by atoms with Crippen LogP contribution in [0.2, 0.25) is 0 Å². The minimum absolute atomic E-state index is 0.242. The van der Waals surface area contributed by atoms with Gasteiger partial charge in [-0.1, -0.05) is 0 Å². The molecule has 0 unspecified atom stereocenters. The predicted molar refractivity (Wildman–Crippen MR) is 142 cm³/mol. The van der Waals surface area contributed by atoms with Crippen LogP contribution in [0.5, 0.6) is 11.5 Å². The van der Waals surface area contributed by atoms with E-state index in [1.165, 1.54) is 27.3 Å². The number of aromatic nitrogens is 3. The van der Waals surface area contributed by atoms with Gasteiger partial charge in [0, 0.05) is 55.5 Å². The Labute approximate surface area is 213 Å². The molecule has 9 heteroatoms. The number of amides is 1. The minimum Gasteiger partial charge on any atom is -0.455 e. The van der Waals surface area contributed by atoms with E-state index in [-0.39, 0.29) is 34.1 Å². The molecule has 3 aromatic heterocycles. The number of rotatable bonds is 4. The van der Waals surface area contributed by atoms with Gasteiger partial charge in [0.1, 0.15) is 22.8 Å². The summed E-state index contributed by atoms with van der Waals surface area (Å²) in [6.07, 6.45) is 3.18. The molecule has 0 aliphatic heterocycles. The van der Waals surface area contributed by atoms with E-state index in [1.807, 2.05) is 20.8 Å². The summed E-state index contributed by atoms with van der Waals surface area (Å²) in [6.45, 7) is 9.24. The lowest BCUT2D eigenvalue weighted by Crippen LogP contribution is -2.42. The van der Waals surface area contributed by atoms with Crippen LogP contribution in [0.4, 0.5) is 4.39 Å². The molecule has 0 aliphatic rings. The molecule has 0 radical (unpaired) electrons. The number of ether oxygens (including phenoxy) is 1. The number of nitrogens with zero attached hydrogens (tertiary/aromatic N) is 3. The van der Waals surface area contributed by atoms with Crippen molar-refractivity contribution in [3.63, 3.8) is 0 Å². The molecule has 4 rings (SSSR count). The molecule has 0 aliphatic carbocycles. The number of carbonyl (C=O) groups excluding carboxylic acids is 1. The van der Waals surface area contributed by atoms with Crippen LogP contribution in [0.3, 0.4) is 0 Å². The maximum atomic E-state index is 13.9. The van der Waals surface area contributed by atoms with Crippen LogP contribution in [0, 0.1) is 19.7 Å². The first kappa shape index (κ1) is 25.9. The summed E-state index contributed by atoms with van der Waals surface area (Å²) in [5.41, 5.74) is 1.65. The predicted octanol–water partition coefficient (Wildman–Crippen LogP) is 4.65. The second-order valence-electron chi connectivity index (χ2n) is 10.4. The lowest BCUT2D eigenvalue weighted by Gasteiger charge is -2.31. The zero-order valence-corrected chi connectivity index (χ0v) is 22.3. The van der Waals surface area contributed by atoms with Crippen molar-refractivity contribution in [2.24, 2.45) is 14.1 Å². The molecule has 4 aromatic rings. The van der Waals surface area contributed by atoms with Crippen LogP contribution in [-0.2, 0) is 14.1 Å². The number of benzene rings is 1. The molecule has 0 fully saturated rings. The smallest absolute Gasteiger partial charge is 0.274 e. The third-order valence-corrected chi connectivity index (χ3v) is 6.63. The van der Waals surface area contributed by atoms with E-state index in [0.29, 0.717) is 39.1 Å². The summed E-state index contributed by atoms with van der Waals surface area (Å²) in [5, 5.41) is 0.486. The Kier molecular flexibility index (Phi) is 6.35. The van der Waals surface area contributed by atoms with Crippen molar-refractivity contribution in [3.05, 3.63) is 80.0 Å². The summed E-state index contributed by atoms with van der Waals surface area (Å²) in [7, 11) is 4.91. The van der Waals surface area contributed by atoms with Gasteiger partial charge in [0.25, 0.3) is 17.0 Å². The van der Waals surface area contributed by atoms with Crippen LogP contribution in [0.1, 0.15) is 42.4 Å².